The Morgan fingerprint density at radius 2 is 2.00 bits per heavy atom. The number of rotatable bonds is 5. The highest BCUT2D eigenvalue weighted by Gasteiger charge is 2.20. The van der Waals surface area contributed by atoms with Crippen molar-refractivity contribution in [2.45, 2.75) is 40.2 Å². The Kier molecular flexibility index (Phi) is 7.34. The molecule has 0 spiro atoms. The van der Waals surface area contributed by atoms with Crippen LogP contribution in [0.4, 0.5) is 0 Å². The predicted molar refractivity (Wildman–Crippen MR) is 96.9 cm³/mol. The van der Waals surface area contributed by atoms with Gasteiger partial charge in [0, 0.05) is 13.1 Å². The summed E-state index contributed by atoms with van der Waals surface area (Å²) in [6.07, 6.45) is 2.73. The summed E-state index contributed by atoms with van der Waals surface area (Å²) >= 11 is 0. The van der Waals surface area contributed by atoms with Gasteiger partial charge in [-0.3, -0.25) is 0 Å². The third kappa shape index (κ3) is 5.69. The number of guanidine groups is 1. The summed E-state index contributed by atoms with van der Waals surface area (Å²) in [7, 11) is 0. The molecule has 0 atom stereocenters. The molecule has 0 aliphatic heterocycles. The molecule has 2 rings (SSSR count). The minimum absolute atomic E-state index is 0. The Hall–Kier alpha value is -0.780. The number of hydrogen-bond acceptors (Lipinski definition) is 1. The Morgan fingerprint density at radius 3 is 2.60 bits per heavy atom. The average molecular weight is 387 g/mol. The van der Waals surface area contributed by atoms with E-state index in [1.807, 2.05) is 0 Å². The van der Waals surface area contributed by atoms with Gasteiger partial charge in [0.15, 0.2) is 5.96 Å². The van der Waals surface area contributed by atoms with Gasteiger partial charge in [0.05, 0.1) is 6.54 Å². The van der Waals surface area contributed by atoms with Crippen molar-refractivity contribution in [3.05, 3.63) is 34.9 Å². The van der Waals surface area contributed by atoms with Gasteiger partial charge in [-0.25, -0.2) is 4.99 Å². The van der Waals surface area contributed by atoms with Crippen LogP contribution in [0.5, 0.6) is 0 Å². The van der Waals surface area contributed by atoms with Gasteiger partial charge in [-0.15, -0.1) is 24.0 Å². The normalized spacial score (nSPS) is 14.7. The second-order valence-corrected chi connectivity index (χ2v) is 5.45. The van der Waals surface area contributed by atoms with E-state index in [2.05, 4.69) is 54.6 Å². The molecule has 0 heterocycles. The van der Waals surface area contributed by atoms with E-state index >= 15 is 0 Å². The molecule has 4 heteroatoms. The SMILES string of the molecule is CCNC(=NCc1ccc(C)cc1C)NCC1CC1.I. The zero-order chi connectivity index (χ0) is 13.7. The van der Waals surface area contributed by atoms with Crippen LogP contribution in [0.1, 0.15) is 36.5 Å². The van der Waals surface area contributed by atoms with Gasteiger partial charge >= 0.3 is 0 Å². The number of nitrogens with zero attached hydrogens (tertiary/aromatic N) is 1. The monoisotopic (exact) mass is 387 g/mol. The summed E-state index contributed by atoms with van der Waals surface area (Å²) in [4.78, 5) is 4.67. The summed E-state index contributed by atoms with van der Waals surface area (Å²) in [5, 5.41) is 6.73. The lowest BCUT2D eigenvalue weighted by Crippen LogP contribution is -2.38. The van der Waals surface area contributed by atoms with Gasteiger partial charge < -0.3 is 10.6 Å². The Labute approximate surface area is 139 Å². The highest BCUT2D eigenvalue weighted by atomic mass is 127. The lowest BCUT2D eigenvalue weighted by Gasteiger charge is -2.11. The quantitative estimate of drug-likeness (QED) is 0.462. The first-order valence-corrected chi connectivity index (χ1v) is 7.27. The molecule has 1 fully saturated rings. The zero-order valence-corrected chi connectivity index (χ0v) is 15.0. The molecule has 0 bridgehead atoms. The molecule has 20 heavy (non-hydrogen) atoms. The molecule has 0 amide bonds. The maximum absolute atomic E-state index is 4.67. The van der Waals surface area contributed by atoms with Crippen molar-refractivity contribution in [2.75, 3.05) is 13.1 Å². The zero-order valence-electron chi connectivity index (χ0n) is 12.7. The third-order valence-electron chi connectivity index (χ3n) is 3.50. The Morgan fingerprint density at radius 1 is 1.25 bits per heavy atom. The molecule has 1 saturated carbocycles. The standard InChI is InChI=1S/C16H25N3.HI/c1-4-17-16(18-10-14-6-7-14)19-11-15-8-5-12(2)9-13(15)3;/h5,8-9,14H,4,6-7,10-11H2,1-3H3,(H2,17,18,19);1H. The maximum Gasteiger partial charge on any atom is 0.191 e. The minimum atomic E-state index is 0. The largest absolute Gasteiger partial charge is 0.357 e. The second-order valence-electron chi connectivity index (χ2n) is 5.45. The van der Waals surface area contributed by atoms with Crippen molar-refractivity contribution in [1.29, 1.82) is 0 Å². The number of hydrogen-bond donors (Lipinski definition) is 2. The predicted octanol–water partition coefficient (Wildman–Crippen LogP) is 3.39. The topological polar surface area (TPSA) is 36.4 Å². The molecule has 3 nitrogen and oxygen atoms in total. The van der Waals surface area contributed by atoms with E-state index in [4.69, 9.17) is 0 Å². The first-order chi connectivity index (χ1) is 9.19. The molecule has 1 aliphatic carbocycles. The number of halogens is 1. The van der Waals surface area contributed by atoms with Crippen molar-refractivity contribution in [3.8, 4) is 0 Å². The van der Waals surface area contributed by atoms with E-state index < -0.39 is 0 Å². The third-order valence-corrected chi connectivity index (χ3v) is 3.50. The van der Waals surface area contributed by atoms with Crippen LogP contribution in [-0.2, 0) is 6.54 Å². The Bertz CT molecular complexity index is 453. The fraction of sp³-hybridized carbons (Fsp3) is 0.562. The maximum atomic E-state index is 4.67. The van der Waals surface area contributed by atoms with Crippen LogP contribution in [0, 0.1) is 19.8 Å². The molecule has 0 saturated heterocycles. The van der Waals surface area contributed by atoms with E-state index in [0.717, 1.165) is 31.5 Å². The number of benzene rings is 1. The smallest absolute Gasteiger partial charge is 0.191 e. The second kappa shape index (κ2) is 8.49. The lowest BCUT2D eigenvalue weighted by molar-refractivity contribution is 0.739. The molecular formula is C16H26IN3. The highest BCUT2D eigenvalue weighted by molar-refractivity contribution is 14.0. The Balaban J connectivity index is 0.00000200. The van der Waals surface area contributed by atoms with Gasteiger partial charge in [0.25, 0.3) is 0 Å². The summed E-state index contributed by atoms with van der Waals surface area (Å²) < 4.78 is 0. The molecule has 0 unspecified atom stereocenters. The highest BCUT2D eigenvalue weighted by Crippen LogP contribution is 2.27. The number of aryl methyl sites for hydroxylation is 2. The van der Waals surface area contributed by atoms with Gasteiger partial charge in [-0.1, -0.05) is 23.8 Å². The van der Waals surface area contributed by atoms with Gasteiger partial charge in [-0.05, 0) is 50.7 Å². The van der Waals surface area contributed by atoms with Crippen LogP contribution in [0.15, 0.2) is 23.2 Å². The van der Waals surface area contributed by atoms with Gasteiger partial charge in [-0.2, -0.15) is 0 Å². The molecule has 0 radical (unpaired) electrons. The van der Waals surface area contributed by atoms with Crippen molar-refractivity contribution in [3.63, 3.8) is 0 Å². The molecule has 2 N–H and O–H groups in total. The fourth-order valence-corrected chi connectivity index (χ4v) is 2.09. The molecular weight excluding hydrogens is 361 g/mol. The summed E-state index contributed by atoms with van der Waals surface area (Å²) in [6, 6.07) is 6.55. The van der Waals surface area contributed by atoms with Crippen molar-refractivity contribution in [1.82, 2.24) is 10.6 Å². The van der Waals surface area contributed by atoms with E-state index in [9.17, 15) is 0 Å². The van der Waals surface area contributed by atoms with Crippen LogP contribution in [0.2, 0.25) is 0 Å². The van der Waals surface area contributed by atoms with E-state index in [1.54, 1.807) is 0 Å². The van der Waals surface area contributed by atoms with Crippen LogP contribution < -0.4 is 10.6 Å². The van der Waals surface area contributed by atoms with Crippen LogP contribution in [0.25, 0.3) is 0 Å². The first-order valence-electron chi connectivity index (χ1n) is 7.27. The fourth-order valence-electron chi connectivity index (χ4n) is 2.09. The van der Waals surface area contributed by atoms with Gasteiger partial charge in [0.1, 0.15) is 0 Å². The van der Waals surface area contributed by atoms with E-state index in [-0.39, 0.29) is 24.0 Å². The van der Waals surface area contributed by atoms with E-state index in [1.165, 1.54) is 29.5 Å². The number of nitrogens with one attached hydrogen (secondary N) is 2. The lowest BCUT2D eigenvalue weighted by atomic mass is 10.1. The van der Waals surface area contributed by atoms with Crippen LogP contribution in [0.3, 0.4) is 0 Å². The summed E-state index contributed by atoms with van der Waals surface area (Å²) in [5.74, 6) is 1.80. The van der Waals surface area contributed by atoms with Crippen LogP contribution >= 0.6 is 24.0 Å². The summed E-state index contributed by atoms with van der Waals surface area (Å²) in [5.41, 5.74) is 3.93. The molecule has 0 aromatic heterocycles. The van der Waals surface area contributed by atoms with Crippen molar-refractivity contribution >= 4 is 29.9 Å². The van der Waals surface area contributed by atoms with E-state index in [0.29, 0.717) is 0 Å². The molecule has 112 valence electrons. The van der Waals surface area contributed by atoms with Crippen molar-refractivity contribution in [2.24, 2.45) is 10.9 Å². The molecule has 1 aliphatic rings. The minimum Gasteiger partial charge on any atom is -0.357 e. The van der Waals surface area contributed by atoms with Gasteiger partial charge in [0.2, 0.25) is 0 Å². The van der Waals surface area contributed by atoms with Crippen molar-refractivity contribution < 1.29 is 0 Å². The molecule has 1 aromatic rings. The average Bonchev–Trinajstić information content (AvgIpc) is 3.18. The van der Waals surface area contributed by atoms with Crippen LogP contribution in [-0.4, -0.2) is 19.0 Å². The number of aliphatic imine (C=N–C) groups is 1. The summed E-state index contributed by atoms with van der Waals surface area (Å²) in [6.45, 7) is 9.09. The molecule has 1 aromatic carbocycles. The first kappa shape index (κ1) is 17.3.